The summed E-state index contributed by atoms with van der Waals surface area (Å²) >= 11 is 0. The lowest BCUT2D eigenvalue weighted by atomic mass is 9.79. The lowest BCUT2D eigenvalue weighted by Crippen LogP contribution is -2.52. The number of hydrogen-bond acceptors (Lipinski definition) is 5. The van der Waals surface area contributed by atoms with Crippen molar-refractivity contribution in [1.82, 2.24) is 4.90 Å². The van der Waals surface area contributed by atoms with Gasteiger partial charge in [0.2, 0.25) is 0 Å². The third kappa shape index (κ3) is 3.80. The van der Waals surface area contributed by atoms with E-state index in [1.54, 1.807) is 0 Å². The number of benzene rings is 1. The lowest BCUT2D eigenvalue weighted by molar-refractivity contribution is -0.124. The first-order valence-electron chi connectivity index (χ1n) is 9.48. The van der Waals surface area contributed by atoms with Gasteiger partial charge in [0, 0.05) is 24.6 Å². The maximum atomic E-state index is 10.8. The van der Waals surface area contributed by atoms with Crippen LogP contribution in [0.1, 0.15) is 31.9 Å². The zero-order valence-corrected chi connectivity index (χ0v) is 15.3. The maximum Gasteiger partial charge on any atom is 0.290 e. The van der Waals surface area contributed by atoms with E-state index in [4.69, 9.17) is 13.9 Å². The number of aliphatic hydroxyl groups is 1. The van der Waals surface area contributed by atoms with Crippen LogP contribution in [-0.2, 0) is 11.3 Å². The molecule has 140 valence electrons. The van der Waals surface area contributed by atoms with Crippen LogP contribution in [0.4, 0.5) is 0 Å². The molecule has 5 nitrogen and oxygen atoms in total. The number of likely N-dealkylation sites (tertiary alicyclic amines) is 1. The van der Waals surface area contributed by atoms with Crippen LogP contribution in [0.25, 0.3) is 0 Å². The smallest absolute Gasteiger partial charge is 0.290 e. The molecular formula is C21H27NO4. The molecule has 2 aliphatic rings. The van der Waals surface area contributed by atoms with Gasteiger partial charge in [0.15, 0.2) is 0 Å². The fourth-order valence-electron chi connectivity index (χ4n) is 4.19. The second-order valence-electron chi connectivity index (χ2n) is 7.60. The van der Waals surface area contributed by atoms with Crippen molar-refractivity contribution < 1.29 is 19.0 Å². The third-order valence-electron chi connectivity index (χ3n) is 5.69. The number of nitrogens with zero attached hydrogens (tertiary/aromatic N) is 1. The van der Waals surface area contributed by atoms with Crippen LogP contribution in [0.2, 0.25) is 0 Å². The molecule has 2 aromatic rings. The molecule has 26 heavy (non-hydrogen) atoms. The molecule has 3 unspecified atom stereocenters. The molecular weight excluding hydrogens is 330 g/mol. The SMILES string of the molecule is CC1(O)CCOCC1C1CCCN1Cc1ccc(Oc2ccccc2)o1. The summed E-state index contributed by atoms with van der Waals surface area (Å²) in [5.41, 5.74) is -0.656. The molecule has 1 aromatic heterocycles. The molecule has 2 saturated heterocycles. The first kappa shape index (κ1) is 17.6. The fraction of sp³-hybridized carbons (Fsp3) is 0.524. The van der Waals surface area contributed by atoms with Crippen LogP contribution in [0.5, 0.6) is 11.7 Å². The van der Waals surface area contributed by atoms with Gasteiger partial charge in [-0.25, -0.2) is 0 Å². The van der Waals surface area contributed by atoms with Gasteiger partial charge < -0.3 is 19.0 Å². The van der Waals surface area contributed by atoms with Crippen molar-refractivity contribution in [3.63, 3.8) is 0 Å². The van der Waals surface area contributed by atoms with Gasteiger partial charge in [0.25, 0.3) is 5.95 Å². The summed E-state index contributed by atoms with van der Waals surface area (Å²) in [5, 5.41) is 10.8. The average Bonchev–Trinajstić information content (AvgIpc) is 3.25. The highest BCUT2D eigenvalue weighted by atomic mass is 16.6. The van der Waals surface area contributed by atoms with Crippen LogP contribution in [0.3, 0.4) is 0 Å². The number of hydrogen-bond donors (Lipinski definition) is 1. The van der Waals surface area contributed by atoms with E-state index in [9.17, 15) is 5.11 Å². The van der Waals surface area contributed by atoms with E-state index in [-0.39, 0.29) is 5.92 Å². The fourth-order valence-corrected chi connectivity index (χ4v) is 4.19. The van der Waals surface area contributed by atoms with Crippen molar-refractivity contribution in [2.75, 3.05) is 19.8 Å². The molecule has 5 heteroatoms. The Morgan fingerprint density at radius 1 is 1.23 bits per heavy atom. The molecule has 0 saturated carbocycles. The van der Waals surface area contributed by atoms with E-state index >= 15 is 0 Å². The van der Waals surface area contributed by atoms with E-state index < -0.39 is 5.60 Å². The minimum atomic E-state index is -0.656. The highest BCUT2D eigenvalue weighted by Crippen LogP contribution is 2.37. The molecule has 1 N–H and O–H groups in total. The van der Waals surface area contributed by atoms with E-state index in [0.29, 0.717) is 31.6 Å². The summed E-state index contributed by atoms with van der Waals surface area (Å²) < 4.78 is 17.3. The molecule has 0 aliphatic carbocycles. The van der Waals surface area contributed by atoms with Gasteiger partial charge >= 0.3 is 0 Å². The van der Waals surface area contributed by atoms with Crippen molar-refractivity contribution in [2.24, 2.45) is 5.92 Å². The third-order valence-corrected chi connectivity index (χ3v) is 5.69. The predicted octanol–water partition coefficient (Wildman–Crippen LogP) is 3.82. The van der Waals surface area contributed by atoms with Crippen LogP contribution >= 0.6 is 0 Å². The molecule has 0 radical (unpaired) electrons. The number of furan rings is 1. The second kappa shape index (κ2) is 7.43. The largest absolute Gasteiger partial charge is 0.429 e. The van der Waals surface area contributed by atoms with E-state index in [1.165, 1.54) is 0 Å². The summed E-state index contributed by atoms with van der Waals surface area (Å²) in [6.07, 6.45) is 2.95. The first-order chi connectivity index (χ1) is 12.6. The minimum absolute atomic E-state index is 0.147. The number of ether oxygens (including phenoxy) is 2. The summed E-state index contributed by atoms with van der Waals surface area (Å²) in [6, 6.07) is 13.8. The summed E-state index contributed by atoms with van der Waals surface area (Å²) in [7, 11) is 0. The molecule has 0 spiro atoms. The zero-order chi connectivity index (χ0) is 18.0. The van der Waals surface area contributed by atoms with E-state index in [1.807, 2.05) is 49.4 Å². The predicted molar refractivity (Wildman–Crippen MR) is 98.2 cm³/mol. The molecule has 1 aromatic carbocycles. The Balaban J connectivity index is 1.42. The molecule has 4 rings (SSSR count). The maximum absolute atomic E-state index is 10.8. The van der Waals surface area contributed by atoms with Crippen LogP contribution in [0, 0.1) is 5.92 Å². The van der Waals surface area contributed by atoms with Gasteiger partial charge in [-0.2, -0.15) is 0 Å². The topological polar surface area (TPSA) is 55.1 Å². The van der Waals surface area contributed by atoms with Gasteiger partial charge in [-0.05, 0) is 50.9 Å². The Hall–Kier alpha value is -1.82. The minimum Gasteiger partial charge on any atom is -0.429 e. The Labute approximate surface area is 154 Å². The summed E-state index contributed by atoms with van der Waals surface area (Å²) in [5.74, 6) is 2.31. The van der Waals surface area contributed by atoms with Crippen LogP contribution in [0.15, 0.2) is 46.9 Å². The van der Waals surface area contributed by atoms with Gasteiger partial charge in [-0.15, -0.1) is 0 Å². The molecule has 0 amide bonds. The van der Waals surface area contributed by atoms with Crippen molar-refractivity contribution in [3.8, 4) is 11.7 Å². The summed E-state index contributed by atoms with van der Waals surface area (Å²) in [4.78, 5) is 2.42. The highest BCUT2D eigenvalue weighted by Gasteiger charge is 2.44. The molecule has 2 fully saturated rings. The van der Waals surface area contributed by atoms with Gasteiger partial charge in [0.05, 0.1) is 18.8 Å². The Kier molecular flexibility index (Phi) is 5.02. The second-order valence-corrected chi connectivity index (χ2v) is 7.60. The van der Waals surface area contributed by atoms with Crippen LogP contribution < -0.4 is 4.74 Å². The van der Waals surface area contributed by atoms with E-state index in [2.05, 4.69) is 4.90 Å². The monoisotopic (exact) mass is 357 g/mol. The normalized spacial score (nSPS) is 29.8. The molecule has 2 aliphatic heterocycles. The van der Waals surface area contributed by atoms with Crippen molar-refractivity contribution >= 4 is 0 Å². The van der Waals surface area contributed by atoms with Crippen molar-refractivity contribution in [3.05, 3.63) is 48.2 Å². The standard InChI is InChI=1S/C21H27NO4/c1-21(23)11-13-24-15-18(21)19-8-5-12-22(19)14-17-9-10-20(26-17)25-16-6-3-2-4-7-16/h2-4,6-7,9-10,18-19,23H,5,8,11-15H2,1H3. The van der Waals surface area contributed by atoms with Gasteiger partial charge in [0.1, 0.15) is 11.5 Å². The first-order valence-corrected chi connectivity index (χ1v) is 9.48. The van der Waals surface area contributed by atoms with Crippen molar-refractivity contribution in [2.45, 2.75) is 44.4 Å². The highest BCUT2D eigenvalue weighted by molar-refractivity contribution is 5.26. The van der Waals surface area contributed by atoms with Gasteiger partial charge in [-0.1, -0.05) is 18.2 Å². The Bertz CT molecular complexity index is 712. The Morgan fingerprint density at radius 2 is 2.08 bits per heavy atom. The van der Waals surface area contributed by atoms with Gasteiger partial charge in [-0.3, -0.25) is 4.90 Å². The summed E-state index contributed by atoms with van der Waals surface area (Å²) in [6.45, 7) is 4.99. The molecule has 3 heterocycles. The molecule has 0 bridgehead atoms. The number of rotatable bonds is 5. The quantitative estimate of drug-likeness (QED) is 0.881. The van der Waals surface area contributed by atoms with E-state index in [0.717, 1.165) is 37.4 Å². The number of para-hydroxylation sites is 1. The molecule has 3 atom stereocenters. The van der Waals surface area contributed by atoms with Crippen molar-refractivity contribution in [1.29, 1.82) is 0 Å². The van der Waals surface area contributed by atoms with Crippen LogP contribution in [-0.4, -0.2) is 41.4 Å². The Morgan fingerprint density at radius 3 is 2.88 bits per heavy atom. The zero-order valence-electron chi connectivity index (χ0n) is 15.3. The average molecular weight is 357 g/mol. The lowest BCUT2D eigenvalue weighted by Gasteiger charge is -2.43.